The molecule has 3 aromatic carbocycles. The first-order chi connectivity index (χ1) is 13.5. The van der Waals surface area contributed by atoms with E-state index in [1.165, 1.54) is 12.1 Å². The molecule has 1 N–H and O–H groups in total. The molecule has 0 aliphatic carbocycles. The molecule has 140 valence electrons. The Morgan fingerprint density at radius 1 is 0.821 bits per heavy atom. The highest BCUT2D eigenvalue weighted by atomic mass is 19.4. The number of nitrogens with one attached hydrogen (secondary N) is 1. The van der Waals surface area contributed by atoms with Crippen molar-refractivity contribution in [3.63, 3.8) is 0 Å². The monoisotopic (exact) mass is 379 g/mol. The molecule has 0 saturated heterocycles. The third-order valence-corrected chi connectivity index (χ3v) is 4.42. The predicted molar refractivity (Wildman–Crippen MR) is 104 cm³/mol. The highest BCUT2D eigenvalue weighted by molar-refractivity contribution is 5.91. The molecule has 0 spiro atoms. The van der Waals surface area contributed by atoms with Crippen molar-refractivity contribution >= 4 is 16.6 Å². The van der Waals surface area contributed by atoms with E-state index in [9.17, 15) is 13.2 Å². The van der Waals surface area contributed by atoms with Crippen molar-refractivity contribution in [1.29, 1.82) is 0 Å². The predicted octanol–water partition coefficient (Wildman–Crippen LogP) is 5.93. The van der Waals surface area contributed by atoms with Gasteiger partial charge in [0.05, 0.1) is 11.1 Å². The summed E-state index contributed by atoms with van der Waals surface area (Å²) in [6.07, 6.45) is -2.90. The molecular formula is C22H16F3N3. The summed E-state index contributed by atoms with van der Waals surface area (Å²) < 4.78 is 39.9. The minimum atomic E-state index is -4.46. The molecule has 0 fully saturated rings. The van der Waals surface area contributed by atoms with Crippen molar-refractivity contribution in [3.05, 3.63) is 90.1 Å². The van der Waals surface area contributed by atoms with E-state index in [0.29, 0.717) is 12.1 Å². The number of rotatable bonds is 4. The van der Waals surface area contributed by atoms with Crippen LogP contribution in [0.4, 0.5) is 18.9 Å². The van der Waals surface area contributed by atoms with E-state index in [2.05, 4.69) is 15.3 Å². The number of hydrogen-bond acceptors (Lipinski definition) is 3. The number of fused-ring (bicyclic) bond motifs is 1. The van der Waals surface area contributed by atoms with Crippen LogP contribution >= 0.6 is 0 Å². The number of alkyl halides is 3. The summed E-state index contributed by atoms with van der Waals surface area (Å²) in [5.74, 6) is 0.0561. The van der Waals surface area contributed by atoms with Crippen LogP contribution in [-0.4, -0.2) is 9.97 Å². The Bertz CT molecular complexity index is 1110. The summed E-state index contributed by atoms with van der Waals surface area (Å²) in [7, 11) is 0. The Hall–Kier alpha value is -3.41. The van der Waals surface area contributed by atoms with Gasteiger partial charge in [-0.1, -0.05) is 54.6 Å². The number of hydrogen-bond donors (Lipinski definition) is 1. The maximum absolute atomic E-state index is 13.3. The molecule has 4 rings (SSSR count). The average molecular weight is 379 g/mol. The van der Waals surface area contributed by atoms with E-state index < -0.39 is 11.7 Å². The summed E-state index contributed by atoms with van der Waals surface area (Å²) in [5, 5.41) is 4.09. The molecule has 0 amide bonds. The first-order valence-corrected chi connectivity index (χ1v) is 8.72. The van der Waals surface area contributed by atoms with Gasteiger partial charge in [-0.3, -0.25) is 0 Å². The molecule has 1 aromatic heterocycles. The molecule has 3 nitrogen and oxygen atoms in total. The van der Waals surface area contributed by atoms with Gasteiger partial charge in [0.2, 0.25) is 0 Å². The van der Waals surface area contributed by atoms with E-state index in [4.69, 9.17) is 0 Å². The summed E-state index contributed by atoms with van der Waals surface area (Å²) >= 11 is 0. The van der Waals surface area contributed by atoms with Gasteiger partial charge in [0.15, 0.2) is 5.82 Å². The van der Waals surface area contributed by atoms with Crippen LogP contribution in [0.1, 0.15) is 11.1 Å². The van der Waals surface area contributed by atoms with Crippen molar-refractivity contribution in [2.75, 3.05) is 5.32 Å². The number of aromatic nitrogens is 2. The first kappa shape index (κ1) is 18.0. The first-order valence-electron chi connectivity index (χ1n) is 8.72. The fraction of sp³-hybridized carbons (Fsp3) is 0.0909. The zero-order valence-corrected chi connectivity index (χ0v) is 14.7. The zero-order chi connectivity index (χ0) is 19.6. The SMILES string of the molecule is FC(F)(F)c1ccccc1-c1ncc2c(NCc3ccccc3)cccc2n1. The van der Waals surface area contributed by atoms with E-state index >= 15 is 0 Å². The lowest BCUT2D eigenvalue weighted by atomic mass is 10.1. The standard InChI is InChI=1S/C22H16F3N3/c23-22(24,25)18-10-5-4-9-16(18)21-27-14-17-19(11-6-12-20(17)28-21)26-13-15-7-2-1-3-8-15/h1-12,14,26H,13H2. The van der Waals surface area contributed by atoms with Crippen molar-refractivity contribution in [2.24, 2.45) is 0 Å². The Kier molecular flexibility index (Phi) is 4.69. The second-order valence-electron chi connectivity index (χ2n) is 6.31. The number of nitrogens with zero attached hydrogens (tertiary/aromatic N) is 2. The molecular weight excluding hydrogens is 363 g/mol. The number of anilines is 1. The van der Waals surface area contributed by atoms with Crippen LogP contribution in [0.5, 0.6) is 0 Å². The van der Waals surface area contributed by atoms with E-state index in [-0.39, 0.29) is 11.4 Å². The van der Waals surface area contributed by atoms with Gasteiger partial charge in [-0.2, -0.15) is 13.2 Å². The summed E-state index contributed by atoms with van der Waals surface area (Å²) in [5.41, 5.74) is 1.76. The third kappa shape index (κ3) is 3.67. The second kappa shape index (κ2) is 7.31. The summed E-state index contributed by atoms with van der Waals surface area (Å²) in [4.78, 5) is 8.60. The molecule has 0 bridgehead atoms. The zero-order valence-electron chi connectivity index (χ0n) is 14.7. The second-order valence-corrected chi connectivity index (χ2v) is 6.31. The maximum atomic E-state index is 13.3. The van der Waals surface area contributed by atoms with Gasteiger partial charge in [-0.05, 0) is 23.8 Å². The Labute approximate surface area is 159 Å². The van der Waals surface area contributed by atoms with Gasteiger partial charge in [0.1, 0.15) is 0 Å². The quantitative estimate of drug-likeness (QED) is 0.478. The van der Waals surface area contributed by atoms with Gasteiger partial charge >= 0.3 is 6.18 Å². The Morgan fingerprint density at radius 3 is 2.36 bits per heavy atom. The van der Waals surface area contributed by atoms with Gasteiger partial charge in [0.25, 0.3) is 0 Å². The topological polar surface area (TPSA) is 37.8 Å². The molecule has 4 aromatic rings. The molecule has 0 atom stereocenters. The van der Waals surface area contributed by atoms with Crippen LogP contribution < -0.4 is 5.32 Å². The van der Waals surface area contributed by atoms with Crippen molar-refractivity contribution in [3.8, 4) is 11.4 Å². The fourth-order valence-electron chi connectivity index (χ4n) is 3.06. The highest BCUT2D eigenvalue weighted by Gasteiger charge is 2.34. The van der Waals surface area contributed by atoms with Gasteiger partial charge in [-0.15, -0.1) is 0 Å². The van der Waals surface area contributed by atoms with Crippen LogP contribution in [0.25, 0.3) is 22.3 Å². The van der Waals surface area contributed by atoms with Crippen molar-refractivity contribution < 1.29 is 13.2 Å². The molecule has 0 saturated carbocycles. The van der Waals surface area contributed by atoms with Crippen LogP contribution in [0, 0.1) is 0 Å². The minimum Gasteiger partial charge on any atom is -0.380 e. The molecule has 0 aliphatic heterocycles. The maximum Gasteiger partial charge on any atom is 0.417 e. The molecule has 0 unspecified atom stereocenters. The minimum absolute atomic E-state index is 0.0282. The lowest BCUT2D eigenvalue weighted by Gasteiger charge is -2.13. The van der Waals surface area contributed by atoms with E-state index in [0.717, 1.165) is 22.7 Å². The lowest BCUT2D eigenvalue weighted by Crippen LogP contribution is -2.08. The van der Waals surface area contributed by atoms with Crippen LogP contribution in [0.15, 0.2) is 79.0 Å². The normalized spacial score (nSPS) is 11.5. The van der Waals surface area contributed by atoms with E-state index in [1.807, 2.05) is 42.5 Å². The van der Waals surface area contributed by atoms with Crippen molar-refractivity contribution in [1.82, 2.24) is 9.97 Å². The molecule has 1 heterocycles. The van der Waals surface area contributed by atoms with Crippen LogP contribution in [0.3, 0.4) is 0 Å². The summed E-state index contributed by atoms with van der Waals surface area (Å²) in [6, 6.07) is 20.8. The van der Waals surface area contributed by atoms with Gasteiger partial charge < -0.3 is 5.32 Å². The molecule has 28 heavy (non-hydrogen) atoms. The van der Waals surface area contributed by atoms with Crippen LogP contribution in [0.2, 0.25) is 0 Å². The van der Waals surface area contributed by atoms with Crippen molar-refractivity contribution in [2.45, 2.75) is 12.7 Å². The smallest absolute Gasteiger partial charge is 0.380 e. The van der Waals surface area contributed by atoms with E-state index in [1.54, 1.807) is 18.3 Å². The molecule has 0 radical (unpaired) electrons. The average Bonchev–Trinajstić information content (AvgIpc) is 2.72. The summed E-state index contributed by atoms with van der Waals surface area (Å²) in [6.45, 7) is 0.624. The molecule has 0 aliphatic rings. The lowest BCUT2D eigenvalue weighted by molar-refractivity contribution is -0.137. The Balaban J connectivity index is 1.70. The van der Waals surface area contributed by atoms with Crippen LogP contribution in [-0.2, 0) is 12.7 Å². The Morgan fingerprint density at radius 2 is 1.57 bits per heavy atom. The highest BCUT2D eigenvalue weighted by Crippen LogP contribution is 2.36. The third-order valence-electron chi connectivity index (χ3n) is 4.42. The number of benzene rings is 3. The fourth-order valence-corrected chi connectivity index (χ4v) is 3.06. The molecule has 6 heteroatoms. The van der Waals surface area contributed by atoms with Gasteiger partial charge in [-0.25, -0.2) is 9.97 Å². The van der Waals surface area contributed by atoms with Gasteiger partial charge in [0, 0.05) is 29.4 Å². The largest absolute Gasteiger partial charge is 0.417 e. The number of halogens is 3.